The molecule has 0 radical (unpaired) electrons. The van der Waals surface area contributed by atoms with Gasteiger partial charge < -0.3 is 5.32 Å². The first-order valence-electron chi connectivity index (χ1n) is 11.1. The number of nitrogens with one attached hydrogen (secondary N) is 1. The Labute approximate surface area is 213 Å². The van der Waals surface area contributed by atoms with Crippen LogP contribution in [0.3, 0.4) is 0 Å². The van der Waals surface area contributed by atoms with E-state index < -0.39 is 39.8 Å². The van der Waals surface area contributed by atoms with Crippen molar-refractivity contribution in [3.63, 3.8) is 0 Å². The van der Waals surface area contributed by atoms with Crippen LogP contribution in [0.4, 0.5) is 17.6 Å². The average molecular weight is 556 g/mol. The van der Waals surface area contributed by atoms with E-state index in [1.165, 1.54) is 28.7 Å². The van der Waals surface area contributed by atoms with Crippen LogP contribution in [0.2, 0.25) is 5.02 Å². The largest absolute Gasteiger partial charge is 0.451 e. The molecule has 14 heteroatoms. The second-order valence-corrected chi connectivity index (χ2v) is 11.0. The summed E-state index contributed by atoms with van der Waals surface area (Å²) in [5.74, 6) is -2.51. The van der Waals surface area contributed by atoms with Crippen molar-refractivity contribution in [3.8, 4) is 11.3 Å². The molecule has 1 aliphatic carbocycles. The topological polar surface area (TPSA) is 105 Å². The molecule has 1 amide bonds. The molecule has 1 saturated carbocycles. The summed E-state index contributed by atoms with van der Waals surface area (Å²) >= 11 is 6.21. The van der Waals surface area contributed by atoms with Crippen LogP contribution in [0.15, 0.2) is 53.8 Å². The standard InChI is InChI=1S/C23H18ClF4N5O3S/c24-18-11-29-19(14-9-31-22(32-10-14)23(26,27)28)7-13(18)8-30-21(34)20-12-5-16(6-12)33(20)37(35,36)17-3-1-15(25)2-4-17/h1-4,7,9-12,16,20H,5-6,8H2,(H,30,34)/t12?,16?,20-/m0/s1. The molecule has 0 unspecified atom stereocenters. The number of pyridine rings is 1. The molecule has 0 spiro atoms. The zero-order chi connectivity index (χ0) is 26.5. The molecular weight excluding hydrogens is 538 g/mol. The molecular formula is C23H18ClF4N5O3S. The fraction of sp³-hybridized carbons (Fsp3) is 0.304. The maximum absolute atomic E-state index is 13.3. The number of rotatable bonds is 6. The molecule has 3 fully saturated rings. The first-order chi connectivity index (χ1) is 17.4. The van der Waals surface area contributed by atoms with E-state index >= 15 is 0 Å². The summed E-state index contributed by atoms with van der Waals surface area (Å²) < 4.78 is 79.1. The minimum atomic E-state index is -4.68. The number of amides is 1. The van der Waals surface area contributed by atoms with Crippen LogP contribution < -0.4 is 5.32 Å². The number of carbonyl (C=O) groups is 1. The van der Waals surface area contributed by atoms with E-state index in [9.17, 15) is 30.8 Å². The maximum atomic E-state index is 13.3. The van der Waals surface area contributed by atoms with Gasteiger partial charge in [-0.3, -0.25) is 9.78 Å². The van der Waals surface area contributed by atoms with E-state index in [0.29, 0.717) is 18.4 Å². The summed E-state index contributed by atoms with van der Waals surface area (Å²) in [4.78, 5) is 23.8. The Balaban J connectivity index is 1.32. The van der Waals surface area contributed by atoms with E-state index in [0.717, 1.165) is 24.5 Å². The Morgan fingerprint density at radius 2 is 1.73 bits per heavy atom. The van der Waals surface area contributed by atoms with E-state index in [-0.39, 0.29) is 39.7 Å². The Hall–Kier alpha value is -3.16. The highest BCUT2D eigenvalue weighted by molar-refractivity contribution is 7.89. The number of hydrogen-bond acceptors (Lipinski definition) is 6. The van der Waals surface area contributed by atoms with Crippen molar-refractivity contribution >= 4 is 27.5 Å². The van der Waals surface area contributed by atoms with Gasteiger partial charge in [0.15, 0.2) is 0 Å². The summed E-state index contributed by atoms with van der Waals surface area (Å²) in [7, 11) is -4.03. The normalized spacial score (nSPS) is 21.5. The summed E-state index contributed by atoms with van der Waals surface area (Å²) in [5, 5.41) is 2.91. The number of hydrogen-bond donors (Lipinski definition) is 1. The average Bonchev–Trinajstić information content (AvgIpc) is 3.41. The van der Waals surface area contributed by atoms with E-state index in [1.54, 1.807) is 0 Å². The van der Waals surface area contributed by atoms with Crippen molar-refractivity contribution in [2.75, 3.05) is 0 Å². The molecule has 2 saturated heterocycles. The smallest absolute Gasteiger partial charge is 0.351 e. The molecule has 37 heavy (non-hydrogen) atoms. The van der Waals surface area contributed by atoms with Crippen molar-refractivity contribution < 1.29 is 30.8 Å². The molecule has 6 rings (SSSR count). The number of carbonyl (C=O) groups excluding carboxylic acids is 1. The van der Waals surface area contributed by atoms with E-state index in [1.807, 2.05) is 0 Å². The van der Waals surface area contributed by atoms with Crippen molar-refractivity contribution in [1.29, 1.82) is 0 Å². The Morgan fingerprint density at radius 3 is 2.35 bits per heavy atom. The van der Waals surface area contributed by atoms with Crippen molar-refractivity contribution in [2.24, 2.45) is 5.92 Å². The number of benzene rings is 1. The van der Waals surface area contributed by atoms with E-state index in [2.05, 4.69) is 20.3 Å². The maximum Gasteiger partial charge on any atom is 0.451 e. The molecule has 1 aromatic carbocycles. The number of fused-ring (bicyclic) bond motifs is 1. The highest BCUT2D eigenvalue weighted by Crippen LogP contribution is 2.48. The molecule has 1 N–H and O–H groups in total. The highest BCUT2D eigenvalue weighted by atomic mass is 35.5. The van der Waals surface area contributed by atoms with Gasteiger partial charge in [0, 0.05) is 36.7 Å². The fourth-order valence-corrected chi connectivity index (χ4v) is 6.63. The third-order valence-electron chi connectivity index (χ3n) is 6.48. The molecule has 194 valence electrons. The molecule has 8 nitrogen and oxygen atoms in total. The lowest BCUT2D eigenvalue weighted by Gasteiger charge is -2.25. The van der Waals surface area contributed by atoms with Crippen LogP contribution in [0.5, 0.6) is 0 Å². The minimum Gasteiger partial charge on any atom is -0.351 e. The van der Waals surface area contributed by atoms with Crippen LogP contribution in [-0.4, -0.2) is 45.7 Å². The first kappa shape index (κ1) is 25.5. The van der Waals surface area contributed by atoms with Crippen LogP contribution >= 0.6 is 11.6 Å². The Kier molecular flexibility index (Phi) is 6.40. The third kappa shape index (κ3) is 4.78. The predicted molar refractivity (Wildman–Crippen MR) is 123 cm³/mol. The van der Waals surface area contributed by atoms with Crippen molar-refractivity contribution in [3.05, 3.63) is 71.2 Å². The second-order valence-electron chi connectivity index (χ2n) is 8.79. The zero-order valence-electron chi connectivity index (χ0n) is 18.8. The van der Waals surface area contributed by atoms with Gasteiger partial charge in [0.25, 0.3) is 0 Å². The van der Waals surface area contributed by atoms with Gasteiger partial charge in [-0.1, -0.05) is 11.6 Å². The lowest BCUT2D eigenvalue weighted by molar-refractivity contribution is -0.145. The molecule has 3 aliphatic rings. The second kappa shape index (κ2) is 9.30. The monoisotopic (exact) mass is 555 g/mol. The summed E-state index contributed by atoms with van der Waals surface area (Å²) in [6.07, 6.45) is -0.329. The van der Waals surface area contributed by atoms with Gasteiger partial charge in [-0.25, -0.2) is 22.8 Å². The first-order valence-corrected chi connectivity index (χ1v) is 12.9. The number of halogens is 5. The number of sulfonamides is 1. The summed E-state index contributed by atoms with van der Waals surface area (Å²) in [5.41, 5.74) is 0.870. The van der Waals surface area contributed by atoms with Gasteiger partial charge in [-0.05, 0) is 54.7 Å². The highest BCUT2D eigenvalue weighted by Gasteiger charge is 2.58. The van der Waals surface area contributed by atoms with E-state index in [4.69, 9.17) is 11.6 Å². The molecule has 2 aliphatic heterocycles. The third-order valence-corrected chi connectivity index (χ3v) is 8.77. The SMILES string of the molecule is O=C(NCc1cc(-c2cnc(C(F)(F)F)nc2)ncc1Cl)[C@@H]1C2CC(C2)N1S(=O)(=O)c1ccc(F)cc1. The van der Waals surface area contributed by atoms with Gasteiger partial charge in [0.05, 0.1) is 15.6 Å². The Morgan fingerprint density at radius 1 is 1.08 bits per heavy atom. The Bertz CT molecular complexity index is 1450. The quantitative estimate of drug-likeness (QED) is 0.464. The summed E-state index contributed by atoms with van der Waals surface area (Å²) in [6.45, 7) is -0.0764. The zero-order valence-corrected chi connectivity index (χ0v) is 20.4. The lowest BCUT2D eigenvalue weighted by atomic mass is 9.83. The number of alkyl halides is 3. The molecule has 1 atom stereocenters. The van der Waals surface area contributed by atoms with Crippen LogP contribution in [0, 0.1) is 11.7 Å². The van der Waals surface area contributed by atoms with Gasteiger partial charge in [-0.2, -0.15) is 17.5 Å². The predicted octanol–water partition coefficient (Wildman–Crippen LogP) is 3.82. The van der Waals surface area contributed by atoms with Crippen LogP contribution in [-0.2, 0) is 27.5 Å². The van der Waals surface area contributed by atoms with Crippen molar-refractivity contribution in [1.82, 2.24) is 24.6 Å². The van der Waals surface area contributed by atoms with Gasteiger partial charge in [0.1, 0.15) is 11.9 Å². The molecule has 2 aromatic heterocycles. The van der Waals surface area contributed by atoms with Crippen LogP contribution in [0.25, 0.3) is 11.3 Å². The summed E-state index contributed by atoms with van der Waals surface area (Å²) in [6, 6.07) is 4.67. The molecule has 4 heterocycles. The van der Waals surface area contributed by atoms with Gasteiger partial charge in [-0.15, -0.1) is 0 Å². The molecule has 2 bridgehead atoms. The fourth-order valence-electron chi connectivity index (χ4n) is 4.60. The van der Waals surface area contributed by atoms with Gasteiger partial charge in [0.2, 0.25) is 21.8 Å². The number of nitrogens with zero attached hydrogens (tertiary/aromatic N) is 4. The van der Waals surface area contributed by atoms with Crippen molar-refractivity contribution in [2.45, 2.75) is 42.5 Å². The minimum absolute atomic E-state index is 0.0764. The van der Waals surface area contributed by atoms with Gasteiger partial charge >= 0.3 is 6.18 Å². The molecule has 3 aromatic rings. The van der Waals surface area contributed by atoms with Crippen LogP contribution in [0.1, 0.15) is 24.2 Å². The lowest BCUT2D eigenvalue weighted by Crippen LogP contribution is -2.46. The number of aromatic nitrogens is 3.